The highest BCUT2D eigenvalue weighted by molar-refractivity contribution is 7.22. The lowest BCUT2D eigenvalue weighted by Gasteiger charge is -2.13. The zero-order valence-electron chi connectivity index (χ0n) is 15.7. The Morgan fingerprint density at radius 1 is 0.966 bits per heavy atom. The van der Waals surface area contributed by atoms with E-state index >= 15 is 0 Å². The van der Waals surface area contributed by atoms with Crippen molar-refractivity contribution in [2.24, 2.45) is 0 Å². The number of hydrogen-bond acceptors (Lipinski definition) is 6. The normalized spacial score (nSPS) is 10.7. The van der Waals surface area contributed by atoms with Crippen LogP contribution in [0.2, 0.25) is 0 Å². The molecule has 2 aromatic carbocycles. The molecular formula is C22H17NO4S2. The van der Waals surface area contributed by atoms with Crippen LogP contribution in [0, 0.1) is 0 Å². The number of amides is 1. The molecule has 4 aromatic rings. The van der Waals surface area contributed by atoms with Crippen LogP contribution in [0.1, 0.15) is 9.67 Å². The quantitative estimate of drug-likeness (QED) is 0.476. The number of rotatable bonds is 5. The number of methoxy groups -OCH3 is 2. The number of carbonyl (C=O) groups excluding carboxylic acids is 1. The maximum atomic E-state index is 13.4. The van der Waals surface area contributed by atoms with E-state index in [0.29, 0.717) is 37.9 Å². The summed E-state index contributed by atoms with van der Waals surface area (Å²) in [7, 11) is 3.10. The molecule has 146 valence electrons. The monoisotopic (exact) mass is 423 g/mol. The van der Waals surface area contributed by atoms with Crippen LogP contribution < -0.4 is 20.2 Å². The molecule has 0 bridgehead atoms. The molecular weight excluding hydrogens is 406 g/mol. The van der Waals surface area contributed by atoms with E-state index in [1.165, 1.54) is 22.7 Å². The van der Waals surface area contributed by atoms with Crippen LogP contribution in [0.3, 0.4) is 0 Å². The third kappa shape index (κ3) is 3.62. The van der Waals surface area contributed by atoms with E-state index in [-0.39, 0.29) is 11.3 Å². The van der Waals surface area contributed by atoms with Crippen LogP contribution in [-0.4, -0.2) is 20.1 Å². The zero-order chi connectivity index (χ0) is 20.4. The van der Waals surface area contributed by atoms with Crippen LogP contribution in [0.25, 0.3) is 21.2 Å². The van der Waals surface area contributed by atoms with E-state index in [2.05, 4.69) is 5.32 Å². The molecule has 5 nitrogen and oxygen atoms in total. The first kappa shape index (κ1) is 19.2. The Labute approximate surface area is 175 Å². The van der Waals surface area contributed by atoms with Gasteiger partial charge in [0.2, 0.25) is 0 Å². The third-order valence-corrected chi connectivity index (χ3v) is 6.40. The Morgan fingerprint density at radius 2 is 1.76 bits per heavy atom. The number of nitrogens with one attached hydrogen (secondary N) is 1. The van der Waals surface area contributed by atoms with Crippen molar-refractivity contribution in [3.05, 3.63) is 75.1 Å². The van der Waals surface area contributed by atoms with Gasteiger partial charge < -0.3 is 14.8 Å². The average molecular weight is 424 g/mol. The summed E-state index contributed by atoms with van der Waals surface area (Å²) in [5.74, 6) is 0.836. The molecule has 0 aliphatic heterocycles. The maximum Gasteiger partial charge on any atom is 0.266 e. The first-order chi connectivity index (χ1) is 14.1. The molecule has 29 heavy (non-hydrogen) atoms. The third-order valence-electron chi connectivity index (χ3n) is 4.44. The summed E-state index contributed by atoms with van der Waals surface area (Å²) in [5, 5.41) is 5.88. The number of hydrogen-bond donors (Lipinski definition) is 1. The highest BCUT2D eigenvalue weighted by atomic mass is 32.1. The summed E-state index contributed by atoms with van der Waals surface area (Å²) < 4.78 is 11.5. The molecule has 0 aliphatic carbocycles. The van der Waals surface area contributed by atoms with Crippen LogP contribution >= 0.6 is 22.7 Å². The van der Waals surface area contributed by atoms with Crippen molar-refractivity contribution in [3.63, 3.8) is 0 Å². The molecule has 0 unspecified atom stereocenters. The number of thiophene rings is 1. The Morgan fingerprint density at radius 3 is 2.48 bits per heavy atom. The number of ether oxygens (including phenoxy) is 2. The lowest BCUT2D eigenvalue weighted by molar-refractivity contribution is 0.103. The standard InChI is InChI=1S/C22H17NO4S2/c1-26-15-10-9-13(12-16(15)27-2)19-20(24)14-6-3-4-7-17(14)29-22(19)23-21(25)18-8-5-11-28-18/h3-12H,1-2H3,(H,23,25). The van der Waals surface area contributed by atoms with Gasteiger partial charge in [-0.1, -0.05) is 24.3 Å². The van der Waals surface area contributed by atoms with Gasteiger partial charge in [0.25, 0.3) is 5.91 Å². The van der Waals surface area contributed by atoms with E-state index < -0.39 is 0 Å². The van der Waals surface area contributed by atoms with Gasteiger partial charge in [-0.15, -0.1) is 22.7 Å². The topological polar surface area (TPSA) is 64.6 Å². The van der Waals surface area contributed by atoms with E-state index in [4.69, 9.17) is 9.47 Å². The molecule has 0 saturated heterocycles. The predicted octanol–water partition coefficient (Wildman–Crippen LogP) is 5.26. The van der Waals surface area contributed by atoms with Gasteiger partial charge in [-0.05, 0) is 41.3 Å². The molecule has 2 heterocycles. The van der Waals surface area contributed by atoms with Crippen molar-refractivity contribution in [1.29, 1.82) is 0 Å². The van der Waals surface area contributed by atoms with E-state index in [1.54, 1.807) is 44.6 Å². The Kier molecular flexibility index (Phi) is 5.33. The second-order valence-corrected chi connectivity index (χ2v) is 8.13. The molecule has 0 saturated carbocycles. The number of benzene rings is 2. The van der Waals surface area contributed by atoms with Crippen molar-refractivity contribution in [2.75, 3.05) is 19.5 Å². The number of fused-ring (bicyclic) bond motifs is 1. The molecule has 0 fully saturated rings. The second-order valence-electron chi connectivity index (χ2n) is 6.13. The number of anilines is 1. The Balaban J connectivity index is 1.92. The SMILES string of the molecule is COc1ccc(-c2c(NC(=O)c3cccs3)sc3ccccc3c2=O)cc1OC. The van der Waals surface area contributed by atoms with Crippen molar-refractivity contribution >= 4 is 43.7 Å². The van der Waals surface area contributed by atoms with Crippen molar-refractivity contribution in [1.82, 2.24) is 0 Å². The molecule has 0 radical (unpaired) electrons. The average Bonchev–Trinajstić information content (AvgIpc) is 3.29. The Hall–Kier alpha value is -3.16. The molecule has 1 N–H and O–H groups in total. The van der Waals surface area contributed by atoms with E-state index in [9.17, 15) is 9.59 Å². The molecule has 0 atom stereocenters. The summed E-state index contributed by atoms with van der Waals surface area (Å²) in [4.78, 5) is 26.6. The van der Waals surface area contributed by atoms with Crippen LogP contribution in [-0.2, 0) is 0 Å². The summed E-state index contributed by atoms with van der Waals surface area (Å²) in [6.07, 6.45) is 0. The first-order valence-corrected chi connectivity index (χ1v) is 10.4. The van der Waals surface area contributed by atoms with Gasteiger partial charge in [-0.3, -0.25) is 9.59 Å². The van der Waals surface area contributed by atoms with Gasteiger partial charge in [0.1, 0.15) is 5.00 Å². The lowest BCUT2D eigenvalue weighted by Crippen LogP contribution is -2.14. The number of carbonyl (C=O) groups is 1. The summed E-state index contributed by atoms with van der Waals surface area (Å²) in [5.41, 5.74) is 0.934. The second kappa shape index (κ2) is 8.06. The van der Waals surface area contributed by atoms with Gasteiger partial charge in [0.05, 0.1) is 24.7 Å². The predicted molar refractivity (Wildman–Crippen MR) is 119 cm³/mol. The fraction of sp³-hybridized carbons (Fsp3) is 0.0909. The summed E-state index contributed by atoms with van der Waals surface area (Å²) >= 11 is 2.72. The van der Waals surface area contributed by atoms with Crippen LogP contribution in [0.5, 0.6) is 11.5 Å². The van der Waals surface area contributed by atoms with Crippen LogP contribution in [0.4, 0.5) is 5.00 Å². The molecule has 4 rings (SSSR count). The van der Waals surface area contributed by atoms with Crippen LogP contribution in [0.15, 0.2) is 64.8 Å². The minimum atomic E-state index is -0.243. The molecule has 2 aromatic heterocycles. The van der Waals surface area contributed by atoms with E-state index in [0.717, 1.165) is 4.70 Å². The lowest BCUT2D eigenvalue weighted by atomic mass is 10.0. The van der Waals surface area contributed by atoms with Crippen molar-refractivity contribution < 1.29 is 14.3 Å². The zero-order valence-corrected chi connectivity index (χ0v) is 17.4. The Bertz CT molecular complexity index is 1250. The molecule has 7 heteroatoms. The fourth-order valence-corrected chi connectivity index (χ4v) is 4.77. The summed E-state index contributed by atoms with van der Waals surface area (Å²) in [6, 6.07) is 16.2. The minimum Gasteiger partial charge on any atom is -0.493 e. The van der Waals surface area contributed by atoms with Crippen molar-refractivity contribution in [2.45, 2.75) is 0 Å². The molecule has 0 spiro atoms. The largest absolute Gasteiger partial charge is 0.493 e. The minimum absolute atomic E-state index is 0.145. The van der Waals surface area contributed by atoms with E-state index in [1.807, 2.05) is 29.6 Å². The van der Waals surface area contributed by atoms with Gasteiger partial charge in [-0.25, -0.2) is 0 Å². The van der Waals surface area contributed by atoms with Gasteiger partial charge >= 0.3 is 0 Å². The van der Waals surface area contributed by atoms with Gasteiger partial charge in [-0.2, -0.15) is 0 Å². The smallest absolute Gasteiger partial charge is 0.266 e. The molecule has 0 aliphatic rings. The fourth-order valence-electron chi connectivity index (χ4n) is 3.06. The van der Waals surface area contributed by atoms with Crippen molar-refractivity contribution in [3.8, 4) is 22.6 Å². The van der Waals surface area contributed by atoms with Gasteiger partial charge in [0.15, 0.2) is 16.9 Å². The maximum absolute atomic E-state index is 13.4. The highest BCUT2D eigenvalue weighted by Gasteiger charge is 2.19. The summed E-state index contributed by atoms with van der Waals surface area (Å²) in [6.45, 7) is 0. The van der Waals surface area contributed by atoms with Gasteiger partial charge in [0, 0.05) is 10.1 Å². The highest BCUT2D eigenvalue weighted by Crippen LogP contribution is 2.37. The molecule has 1 amide bonds. The first-order valence-electron chi connectivity index (χ1n) is 8.75.